The Morgan fingerprint density at radius 3 is 2.78 bits per heavy atom. The minimum absolute atomic E-state index is 0.149. The largest absolute Gasteiger partial charge is 0.489 e. The van der Waals surface area contributed by atoms with Crippen LogP contribution in [-0.4, -0.2) is 28.8 Å². The highest BCUT2D eigenvalue weighted by atomic mass is 19.2. The Hall–Kier alpha value is -2.44. The average Bonchev–Trinajstić information content (AvgIpc) is 2.83. The van der Waals surface area contributed by atoms with Gasteiger partial charge in [-0.25, -0.2) is 8.78 Å². The SMILES string of the molecule is Cc1nn(C)cc1CCC(=O)N1CCOc2cc(F)c(F)cc21. The van der Waals surface area contributed by atoms with Crippen molar-refractivity contribution in [2.24, 2.45) is 7.05 Å². The van der Waals surface area contributed by atoms with Crippen molar-refractivity contribution >= 4 is 11.6 Å². The molecule has 0 spiro atoms. The monoisotopic (exact) mass is 321 g/mol. The van der Waals surface area contributed by atoms with Crippen molar-refractivity contribution in [3.63, 3.8) is 0 Å². The number of amides is 1. The first-order valence-electron chi connectivity index (χ1n) is 7.37. The zero-order valence-electron chi connectivity index (χ0n) is 13.0. The molecule has 5 nitrogen and oxygen atoms in total. The van der Waals surface area contributed by atoms with Gasteiger partial charge in [-0.3, -0.25) is 9.48 Å². The van der Waals surface area contributed by atoms with Gasteiger partial charge in [0.2, 0.25) is 5.91 Å². The van der Waals surface area contributed by atoms with Gasteiger partial charge < -0.3 is 9.64 Å². The Balaban J connectivity index is 1.76. The molecule has 0 N–H and O–H groups in total. The number of fused-ring (bicyclic) bond motifs is 1. The van der Waals surface area contributed by atoms with Crippen LogP contribution in [0.5, 0.6) is 5.75 Å². The zero-order chi connectivity index (χ0) is 16.6. The molecule has 7 heteroatoms. The number of aromatic nitrogens is 2. The fourth-order valence-electron chi connectivity index (χ4n) is 2.74. The fourth-order valence-corrected chi connectivity index (χ4v) is 2.74. The second kappa shape index (κ2) is 5.98. The molecule has 0 radical (unpaired) electrons. The summed E-state index contributed by atoms with van der Waals surface area (Å²) in [5, 5.41) is 4.24. The third-order valence-electron chi connectivity index (χ3n) is 3.89. The number of carbonyl (C=O) groups is 1. The van der Waals surface area contributed by atoms with E-state index in [0.717, 1.165) is 23.4 Å². The molecule has 1 aromatic carbocycles. The van der Waals surface area contributed by atoms with Crippen LogP contribution >= 0.6 is 0 Å². The van der Waals surface area contributed by atoms with E-state index in [0.29, 0.717) is 13.0 Å². The summed E-state index contributed by atoms with van der Waals surface area (Å²) in [5.41, 5.74) is 2.17. The van der Waals surface area contributed by atoms with Gasteiger partial charge in [0.05, 0.1) is 17.9 Å². The van der Waals surface area contributed by atoms with Gasteiger partial charge in [0.25, 0.3) is 0 Å². The molecule has 0 saturated carbocycles. The number of halogens is 2. The number of hydrogen-bond acceptors (Lipinski definition) is 3. The summed E-state index contributed by atoms with van der Waals surface area (Å²) in [6.45, 7) is 2.47. The van der Waals surface area contributed by atoms with E-state index in [1.165, 1.54) is 4.90 Å². The number of nitrogens with zero attached hydrogens (tertiary/aromatic N) is 3. The first kappa shape index (κ1) is 15.5. The lowest BCUT2D eigenvalue weighted by atomic mass is 10.1. The second-order valence-corrected chi connectivity index (χ2v) is 5.54. The zero-order valence-corrected chi connectivity index (χ0v) is 13.0. The van der Waals surface area contributed by atoms with E-state index in [2.05, 4.69) is 5.10 Å². The van der Waals surface area contributed by atoms with Crippen LogP contribution in [0.1, 0.15) is 17.7 Å². The lowest BCUT2D eigenvalue weighted by Gasteiger charge is -2.29. The quantitative estimate of drug-likeness (QED) is 0.872. The smallest absolute Gasteiger partial charge is 0.227 e. The molecule has 2 aromatic rings. The maximum absolute atomic E-state index is 13.5. The molecule has 122 valence electrons. The number of ether oxygens (including phenoxy) is 1. The summed E-state index contributed by atoms with van der Waals surface area (Å²) in [5.74, 6) is -1.93. The number of carbonyl (C=O) groups excluding carboxylic acids is 1. The van der Waals surface area contributed by atoms with Crippen LogP contribution in [0, 0.1) is 18.6 Å². The van der Waals surface area contributed by atoms with Crippen molar-refractivity contribution in [2.45, 2.75) is 19.8 Å². The molecule has 1 aliphatic rings. The number of rotatable bonds is 3. The standard InChI is InChI=1S/C16H17F2N3O2/c1-10-11(9-20(2)19-10)3-4-16(22)21-5-6-23-15-8-13(18)12(17)7-14(15)21/h7-9H,3-6H2,1-2H3. The molecule has 23 heavy (non-hydrogen) atoms. The molecule has 1 aromatic heterocycles. The summed E-state index contributed by atoms with van der Waals surface area (Å²) in [6, 6.07) is 1.99. The predicted octanol–water partition coefficient (Wildman–Crippen LogP) is 2.36. The van der Waals surface area contributed by atoms with E-state index in [9.17, 15) is 13.6 Å². The van der Waals surface area contributed by atoms with Gasteiger partial charge in [0.1, 0.15) is 12.4 Å². The predicted molar refractivity (Wildman–Crippen MR) is 80.5 cm³/mol. The van der Waals surface area contributed by atoms with E-state index >= 15 is 0 Å². The van der Waals surface area contributed by atoms with E-state index in [-0.39, 0.29) is 30.4 Å². The van der Waals surface area contributed by atoms with Crippen molar-refractivity contribution in [3.8, 4) is 5.75 Å². The lowest BCUT2D eigenvalue weighted by molar-refractivity contribution is -0.118. The van der Waals surface area contributed by atoms with Crippen LogP contribution in [0.4, 0.5) is 14.5 Å². The summed E-state index contributed by atoms with van der Waals surface area (Å²) in [4.78, 5) is 13.9. The second-order valence-electron chi connectivity index (χ2n) is 5.54. The van der Waals surface area contributed by atoms with Crippen molar-refractivity contribution in [1.82, 2.24) is 9.78 Å². The summed E-state index contributed by atoms with van der Waals surface area (Å²) >= 11 is 0. The van der Waals surface area contributed by atoms with Crippen molar-refractivity contribution in [1.29, 1.82) is 0 Å². The third kappa shape index (κ3) is 3.04. The Morgan fingerprint density at radius 1 is 1.35 bits per heavy atom. The van der Waals surface area contributed by atoms with Crippen molar-refractivity contribution in [2.75, 3.05) is 18.1 Å². The van der Waals surface area contributed by atoms with Gasteiger partial charge in [-0.15, -0.1) is 0 Å². The molecule has 3 rings (SSSR count). The van der Waals surface area contributed by atoms with Crippen LogP contribution < -0.4 is 9.64 Å². The van der Waals surface area contributed by atoms with E-state index < -0.39 is 11.6 Å². The highest BCUT2D eigenvalue weighted by molar-refractivity contribution is 5.95. The molecule has 0 saturated heterocycles. The molecule has 2 heterocycles. The topological polar surface area (TPSA) is 47.4 Å². The lowest BCUT2D eigenvalue weighted by Crippen LogP contribution is -2.38. The first-order valence-corrected chi connectivity index (χ1v) is 7.37. The molecular formula is C16H17F2N3O2. The highest BCUT2D eigenvalue weighted by Gasteiger charge is 2.25. The van der Waals surface area contributed by atoms with Crippen LogP contribution in [0.2, 0.25) is 0 Å². The molecule has 1 aliphatic heterocycles. The summed E-state index contributed by atoms with van der Waals surface area (Å²) < 4.78 is 33.8. The summed E-state index contributed by atoms with van der Waals surface area (Å²) in [6.07, 6.45) is 2.70. The van der Waals surface area contributed by atoms with Gasteiger partial charge in [-0.05, 0) is 18.9 Å². The first-order chi connectivity index (χ1) is 11.0. The Kier molecular flexibility index (Phi) is 4.02. The Morgan fingerprint density at radius 2 is 2.09 bits per heavy atom. The molecule has 1 amide bonds. The maximum Gasteiger partial charge on any atom is 0.227 e. The average molecular weight is 321 g/mol. The van der Waals surface area contributed by atoms with Gasteiger partial charge >= 0.3 is 0 Å². The van der Waals surface area contributed by atoms with Crippen LogP contribution in [0.25, 0.3) is 0 Å². The van der Waals surface area contributed by atoms with Gasteiger partial charge in [-0.2, -0.15) is 5.10 Å². The molecule has 0 aliphatic carbocycles. The summed E-state index contributed by atoms with van der Waals surface area (Å²) in [7, 11) is 1.83. The normalized spacial score (nSPS) is 13.7. The highest BCUT2D eigenvalue weighted by Crippen LogP contribution is 2.34. The number of anilines is 1. The molecule has 0 atom stereocenters. The van der Waals surface area contributed by atoms with Gasteiger partial charge in [-0.1, -0.05) is 0 Å². The molecule has 0 fully saturated rings. The Labute approximate surface area is 132 Å². The minimum Gasteiger partial charge on any atom is -0.489 e. The van der Waals surface area contributed by atoms with Crippen LogP contribution in [-0.2, 0) is 18.3 Å². The van der Waals surface area contributed by atoms with E-state index in [1.54, 1.807) is 4.68 Å². The molecular weight excluding hydrogens is 304 g/mol. The third-order valence-corrected chi connectivity index (χ3v) is 3.89. The molecule has 0 unspecified atom stereocenters. The maximum atomic E-state index is 13.5. The Bertz CT molecular complexity index is 758. The number of benzene rings is 1. The van der Waals surface area contributed by atoms with Crippen molar-refractivity contribution in [3.05, 3.63) is 41.2 Å². The number of aryl methyl sites for hydroxylation is 3. The van der Waals surface area contributed by atoms with Gasteiger partial charge in [0, 0.05) is 31.8 Å². The number of hydrogen-bond donors (Lipinski definition) is 0. The van der Waals surface area contributed by atoms with Crippen LogP contribution in [0.3, 0.4) is 0 Å². The van der Waals surface area contributed by atoms with E-state index in [4.69, 9.17) is 4.74 Å². The van der Waals surface area contributed by atoms with Crippen LogP contribution in [0.15, 0.2) is 18.3 Å². The van der Waals surface area contributed by atoms with Gasteiger partial charge in [0.15, 0.2) is 11.6 Å². The molecule has 0 bridgehead atoms. The fraction of sp³-hybridized carbons (Fsp3) is 0.375. The van der Waals surface area contributed by atoms with E-state index in [1.807, 2.05) is 20.2 Å². The van der Waals surface area contributed by atoms with Crippen molar-refractivity contribution < 1.29 is 18.3 Å². The minimum atomic E-state index is -0.991.